The van der Waals surface area contributed by atoms with Gasteiger partial charge in [-0.3, -0.25) is 9.59 Å². The van der Waals surface area contributed by atoms with Crippen LogP contribution in [-0.4, -0.2) is 35.6 Å². The number of amides is 2. The first-order valence-corrected chi connectivity index (χ1v) is 8.13. The number of carbonyl (C=O) groups is 2. The maximum Gasteiger partial charge on any atom is 0.245 e. The third-order valence-corrected chi connectivity index (χ3v) is 4.27. The molecule has 126 valence electrons. The average molecular weight is 318 g/mol. The first-order valence-electron chi connectivity index (χ1n) is 8.13. The molecule has 1 aliphatic carbocycles. The van der Waals surface area contributed by atoms with Crippen LogP contribution in [0.15, 0.2) is 30.3 Å². The van der Waals surface area contributed by atoms with Crippen LogP contribution in [0.3, 0.4) is 0 Å². The van der Waals surface area contributed by atoms with Crippen molar-refractivity contribution < 1.29 is 14.7 Å². The molecule has 0 heterocycles. The van der Waals surface area contributed by atoms with Gasteiger partial charge in [-0.2, -0.15) is 0 Å². The summed E-state index contributed by atoms with van der Waals surface area (Å²) in [5.41, 5.74) is 0.886. The quantitative estimate of drug-likeness (QED) is 0.710. The second-order valence-corrected chi connectivity index (χ2v) is 6.97. The van der Waals surface area contributed by atoms with E-state index in [-0.39, 0.29) is 23.1 Å². The number of aliphatic hydroxyl groups excluding tert-OH is 1. The van der Waals surface area contributed by atoms with E-state index in [2.05, 4.69) is 10.6 Å². The minimum atomic E-state index is -0.933. The topological polar surface area (TPSA) is 78.4 Å². The molecule has 0 bridgehead atoms. The van der Waals surface area contributed by atoms with Crippen LogP contribution in [0.2, 0.25) is 0 Å². The third-order valence-electron chi connectivity index (χ3n) is 4.27. The van der Waals surface area contributed by atoms with Crippen molar-refractivity contribution in [3.05, 3.63) is 35.9 Å². The highest BCUT2D eigenvalue weighted by Gasteiger charge is 2.34. The van der Waals surface area contributed by atoms with Gasteiger partial charge in [-0.1, -0.05) is 44.2 Å². The highest BCUT2D eigenvalue weighted by molar-refractivity contribution is 5.89. The average Bonchev–Trinajstić information content (AvgIpc) is 3.35. The molecule has 0 aromatic heterocycles. The summed E-state index contributed by atoms with van der Waals surface area (Å²) in [4.78, 5) is 24.2. The lowest BCUT2D eigenvalue weighted by Gasteiger charge is -2.28. The van der Waals surface area contributed by atoms with Crippen molar-refractivity contribution in [2.75, 3.05) is 6.54 Å². The monoisotopic (exact) mass is 318 g/mol. The number of nitrogens with one attached hydrogen (secondary N) is 2. The highest BCUT2D eigenvalue weighted by Crippen LogP contribution is 2.29. The van der Waals surface area contributed by atoms with E-state index in [0.29, 0.717) is 6.54 Å². The molecular weight excluding hydrogens is 292 g/mol. The second kappa shape index (κ2) is 7.13. The van der Waals surface area contributed by atoms with Crippen LogP contribution in [0, 0.1) is 5.92 Å². The largest absolute Gasteiger partial charge is 0.391 e. The molecule has 1 aromatic carbocycles. The van der Waals surface area contributed by atoms with E-state index in [4.69, 9.17) is 0 Å². The van der Waals surface area contributed by atoms with Gasteiger partial charge in [0.15, 0.2) is 0 Å². The SMILES string of the molecule is CC(O)C(NC(=O)C1CC1)C(=O)NCC(C)(C)c1ccccc1. The lowest BCUT2D eigenvalue weighted by molar-refractivity contribution is -0.132. The van der Waals surface area contributed by atoms with Crippen molar-refractivity contribution in [2.24, 2.45) is 5.92 Å². The number of hydrogen-bond donors (Lipinski definition) is 3. The fraction of sp³-hybridized carbons (Fsp3) is 0.556. The van der Waals surface area contributed by atoms with Gasteiger partial charge >= 0.3 is 0 Å². The highest BCUT2D eigenvalue weighted by atomic mass is 16.3. The number of aliphatic hydroxyl groups is 1. The standard InChI is InChI=1S/C18H26N2O3/c1-12(21)15(20-16(22)13-9-10-13)17(23)19-11-18(2,3)14-7-5-4-6-8-14/h4-8,12-13,15,21H,9-11H2,1-3H3,(H,19,23)(H,20,22). The molecule has 2 rings (SSSR count). The van der Waals surface area contributed by atoms with E-state index in [0.717, 1.165) is 18.4 Å². The van der Waals surface area contributed by atoms with E-state index >= 15 is 0 Å². The van der Waals surface area contributed by atoms with Gasteiger partial charge in [-0.15, -0.1) is 0 Å². The molecule has 5 nitrogen and oxygen atoms in total. The summed E-state index contributed by atoms with van der Waals surface area (Å²) in [7, 11) is 0. The predicted octanol–water partition coefficient (Wildman–Crippen LogP) is 1.36. The summed E-state index contributed by atoms with van der Waals surface area (Å²) in [5.74, 6) is -0.490. The molecule has 5 heteroatoms. The fourth-order valence-electron chi connectivity index (χ4n) is 2.43. The fourth-order valence-corrected chi connectivity index (χ4v) is 2.43. The van der Waals surface area contributed by atoms with Crippen molar-refractivity contribution in [3.63, 3.8) is 0 Å². The summed E-state index contributed by atoms with van der Waals surface area (Å²) in [5, 5.41) is 15.3. The van der Waals surface area contributed by atoms with E-state index in [9.17, 15) is 14.7 Å². The van der Waals surface area contributed by atoms with Crippen LogP contribution in [0.1, 0.15) is 39.2 Å². The van der Waals surface area contributed by atoms with Crippen molar-refractivity contribution in [2.45, 2.75) is 51.2 Å². The summed E-state index contributed by atoms with van der Waals surface area (Å²) in [6, 6.07) is 9.02. The maximum absolute atomic E-state index is 12.4. The van der Waals surface area contributed by atoms with Gasteiger partial charge in [0.1, 0.15) is 6.04 Å². The van der Waals surface area contributed by atoms with Crippen molar-refractivity contribution in [1.82, 2.24) is 10.6 Å². The molecule has 0 aliphatic heterocycles. The third kappa shape index (κ3) is 4.79. The molecule has 23 heavy (non-hydrogen) atoms. The number of benzene rings is 1. The van der Waals surface area contributed by atoms with Crippen LogP contribution in [-0.2, 0) is 15.0 Å². The van der Waals surface area contributed by atoms with E-state index in [1.807, 2.05) is 44.2 Å². The Bertz CT molecular complexity index is 551. The Morgan fingerprint density at radius 3 is 2.39 bits per heavy atom. The van der Waals surface area contributed by atoms with E-state index in [1.54, 1.807) is 0 Å². The molecule has 1 fully saturated rings. The lowest BCUT2D eigenvalue weighted by atomic mass is 9.84. The zero-order valence-electron chi connectivity index (χ0n) is 14.0. The smallest absolute Gasteiger partial charge is 0.245 e. The molecule has 0 spiro atoms. The van der Waals surface area contributed by atoms with Crippen molar-refractivity contribution in [3.8, 4) is 0 Å². The van der Waals surface area contributed by atoms with E-state index in [1.165, 1.54) is 6.92 Å². The Labute approximate surface area is 137 Å². The van der Waals surface area contributed by atoms with Gasteiger partial charge in [-0.25, -0.2) is 0 Å². The molecule has 1 aromatic rings. The Balaban J connectivity index is 1.94. The minimum Gasteiger partial charge on any atom is -0.391 e. The molecule has 2 unspecified atom stereocenters. The van der Waals surface area contributed by atoms with Gasteiger partial charge in [0.2, 0.25) is 11.8 Å². The summed E-state index contributed by atoms with van der Waals surface area (Å²) >= 11 is 0. The molecule has 0 saturated heterocycles. The van der Waals surface area contributed by atoms with Crippen LogP contribution < -0.4 is 10.6 Å². The van der Waals surface area contributed by atoms with E-state index < -0.39 is 12.1 Å². The first-order chi connectivity index (χ1) is 10.8. The maximum atomic E-state index is 12.4. The van der Waals surface area contributed by atoms with Crippen LogP contribution in [0.5, 0.6) is 0 Å². The van der Waals surface area contributed by atoms with Crippen molar-refractivity contribution in [1.29, 1.82) is 0 Å². The Kier molecular flexibility index (Phi) is 5.42. The van der Waals surface area contributed by atoms with Crippen LogP contribution in [0.25, 0.3) is 0 Å². The second-order valence-electron chi connectivity index (χ2n) is 6.97. The number of hydrogen-bond acceptors (Lipinski definition) is 3. The normalized spacial score (nSPS) is 17.2. The molecule has 0 radical (unpaired) electrons. The predicted molar refractivity (Wildman–Crippen MR) is 88.8 cm³/mol. The van der Waals surface area contributed by atoms with Crippen molar-refractivity contribution >= 4 is 11.8 Å². The molecular formula is C18H26N2O3. The van der Waals surface area contributed by atoms with Gasteiger partial charge in [-0.05, 0) is 25.3 Å². The van der Waals surface area contributed by atoms with Crippen LogP contribution in [0.4, 0.5) is 0 Å². The minimum absolute atomic E-state index is 0.00445. The van der Waals surface area contributed by atoms with Gasteiger partial charge < -0.3 is 15.7 Å². The number of carbonyl (C=O) groups excluding carboxylic acids is 2. The zero-order chi connectivity index (χ0) is 17.0. The molecule has 3 N–H and O–H groups in total. The lowest BCUT2D eigenvalue weighted by Crippen LogP contribution is -2.54. The Morgan fingerprint density at radius 2 is 1.87 bits per heavy atom. The molecule has 2 atom stereocenters. The first kappa shape index (κ1) is 17.5. The van der Waals surface area contributed by atoms with Gasteiger partial charge in [0.05, 0.1) is 6.10 Å². The van der Waals surface area contributed by atoms with Gasteiger partial charge in [0, 0.05) is 17.9 Å². The Hall–Kier alpha value is -1.88. The summed E-state index contributed by atoms with van der Waals surface area (Å²) in [6.45, 7) is 6.03. The number of rotatable bonds is 7. The molecule has 1 aliphatic rings. The van der Waals surface area contributed by atoms with Gasteiger partial charge in [0.25, 0.3) is 0 Å². The zero-order valence-corrected chi connectivity index (χ0v) is 14.0. The van der Waals surface area contributed by atoms with Crippen LogP contribution >= 0.6 is 0 Å². The molecule has 1 saturated carbocycles. The molecule has 2 amide bonds. The Morgan fingerprint density at radius 1 is 1.26 bits per heavy atom. The summed E-state index contributed by atoms with van der Waals surface area (Å²) in [6.07, 6.45) is 0.791. The summed E-state index contributed by atoms with van der Waals surface area (Å²) < 4.78 is 0.